The first-order valence-corrected chi connectivity index (χ1v) is 8.49. The van der Waals surface area contributed by atoms with E-state index in [1.165, 1.54) is 36.7 Å². The zero-order valence-corrected chi connectivity index (χ0v) is 14.4. The number of anilines is 1. The van der Waals surface area contributed by atoms with E-state index in [9.17, 15) is 18.0 Å². The van der Waals surface area contributed by atoms with E-state index in [0.29, 0.717) is 5.56 Å². The van der Waals surface area contributed by atoms with Crippen molar-refractivity contribution in [2.24, 2.45) is 5.92 Å². The van der Waals surface area contributed by atoms with Crippen LogP contribution in [0.4, 0.5) is 23.9 Å². The van der Waals surface area contributed by atoms with Crippen molar-refractivity contribution in [1.82, 2.24) is 14.9 Å². The first-order chi connectivity index (χ1) is 12.9. The van der Waals surface area contributed by atoms with Gasteiger partial charge >= 0.3 is 6.09 Å². The van der Waals surface area contributed by atoms with Crippen LogP contribution in [0.25, 0.3) is 0 Å². The van der Waals surface area contributed by atoms with Gasteiger partial charge in [0.05, 0.1) is 6.54 Å². The maximum atomic E-state index is 14.4. The van der Waals surface area contributed by atoms with Crippen LogP contribution >= 0.6 is 0 Å². The van der Waals surface area contributed by atoms with Crippen molar-refractivity contribution >= 4 is 12.0 Å². The highest BCUT2D eigenvalue weighted by Gasteiger charge is 2.46. The number of carbonyl (C=O) groups excluding carboxylic acids is 1. The van der Waals surface area contributed by atoms with E-state index in [-0.39, 0.29) is 32.1 Å². The van der Waals surface area contributed by atoms with E-state index < -0.39 is 30.3 Å². The molecule has 2 heterocycles. The monoisotopic (exact) mass is 380 g/mol. The van der Waals surface area contributed by atoms with Gasteiger partial charge in [-0.2, -0.15) is 0 Å². The van der Waals surface area contributed by atoms with Crippen LogP contribution in [-0.4, -0.2) is 46.5 Å². The Morgan fingerprint density at radius 2 is 1.96 bits per heavy atom. The van der Waals surface area contributed by atoms with E-state index in [2.05, 4.69) is 15.3 Å². The molecule has 1 aliphatic heterocycles. The number of rotatable bonds is 5. The van der Waals surface area contributed by atoms with Gasteiger partial charge in [0.25, 0.3) is 5.92 Å². The Balaban J connectivity index is 1.49. The molecule has 0 aliphatic carbocycles. The average Bonchev–Trinajstić information content (AvgIpc) is 2.66. The lowest BCUT2D eigenvalue weighted by Crippen LogP contribution is -2.52. The molecule has 3 rings (SSSR count). The van der Waals surface area contributed by atoms with Crippen LogP contribution in [0.1, 0.15) is 12.0 Å². The predicted octanol–water partition coefficient (Wildman–Crippen LogP) is 3.32. The van der Waals surface area contributed by atoms with E-state index in [0.717, 1.165) is 4.90 Å². The minimum Gasteiger partial charge on any atom is -0.445 e. The van der Waals surface area contributed by atoms with Gasteiger partial charge in [-0.05, 0) is 30.2 Å². The highest BCUT2D eigenvalue weighted by atomic mass is 19.3. The molecule has 0 bridgehead atoms. The third kappa shape index (κ3) is 5.08. The fourth-order valence-electron chi connectivity index (χ4n) is 2.81. The van der Waals surface area contributed by atoms with Crippen LogP contribution in [0, 0.1) is 11.7 Å². The van der Waals surface area contributed by atoms with Crippen molar-refractivity contribution < 1.29 is 22.7 Å². The van der Waals surface area contributed by atoms with Crippen molar-refractivity contribution in [3.05, 3.63) is 54.1 Å². The quantitative estimate of drug-likeness (QED) is 0.862. The molecule has 1 N–H and O–H groups in total. The van der Waals surface area contributed by atoms with Gasteiger partial charge in [-0.25, -0.2) is 27.9 Å². The highest BCUT2D eigenvalue weighted by Crippen LogP contribution is 2.33. The minimum absolute atomic E-state index is 0.00941. The molecular formula is C18H19F3N4O2. The molecule has 1 aliphatic rings. The molecule has 6 nitrogen and oxygen atoms in total. The number of amides is 1. The number of ether oxygens (including phenoxy) is 1. The second-order valence-corrected chi connectivity index (χ2v) is 6.30. The average molecular weight is 380 g/mol. The van der Waals surface area contributed by atoms with Gasteiger partial charge < -0.3 is 15.0 Å². The molecule has 2 aromatic rings. The summed E-state index contributed by atoms with van der Waals surface area (Å²) >= 11 is 0. The smallest absolute Gasteiger partial charge is 0.410 e. The number of nitrogens with zero attached hydrogens (tertiary/aromatic N) is 3. The van der Waals surface area contributed by atoms with Crippen molar-refractivity contribution in [2.45, 2.75) is 19.0 Å². The summed E-state index contributed by atoms with van der Waals surface area (Å²) in [7, 11) is 0. The fraction of sp³-hybridized carbons (Fsp3) is 0.389. The molecule has 0 radical (unpaired) electrons. The van der Waals surface area contributed by atoms with E-state index in [1.807, 2.05) is 0 Å². The van der Waals surface area contributed by atoms with Crippen LogP contribution in [-0.2, 0) is 11.3 Å². The first kappa shape index (κ1) is 18.9. The van der Waals surface area contributed by atoms with Gasteiger partial charge in [0.2, 0.25) is 5.95 Å². The zero-order valence-electron chi connectivity index (χ0n) is 14.4. The minimum atomic E-state index is -3.06. The van der Waals surface area contributed by atoms with Gasteiger partial charge in [-0.1, -0.05) is 12.1 Å². The van der Waals surface area contributed by atoms with E-state index in [4.69, 9.17) is 4.74 Å². The van der Waals surface area contributed by atoms with Crippen molar-refractivity contribution in [1.29, 1.82) is 0 Å². The Morgan fingerprint density at radius 3 is 2.63 bits per heavy atom. The molecular weight excluding hydrogens is 361 g/mol. The summed E-state index contributed by atoms with van der Waals surface area (Å²) in [4.78, 5) is 20.9. The number of nitrogens with one attached hydrogen (secondary N) is 1. The molecule has 1 aromatic carbocycles. The molecule has 1 aromatic heterocycles. The maximum Gasteiger partial charge on any atom is 0.410 e. The number of alkyl halides is 2. The Kier molecular flexibility index (Phi) is 5.78. The topological polar surface area (TPSA) is 67.3 Å². The standard InChI is InChI=1S/C18H19F3N4O2/c19-15-4-2-13(3-5-15)11-27-17(26)25-9-6-14(18(20,21)12-25)10-24-16-22-7-1-8-23-16/h1-5,7-8,14H,6,9-12H2,(H,22,23,24)/t14-/m1/s1. The third-order valence-corrected chi connectivity index (χ3v) is 4.35. The lowest BCUT2D eigenvalue weighted by molar-refractivity contribution is -0.102. The van der Waals surface area contributed by atoms with Crippen LogP contribution in [0.2, 0.25) is 0 Å². The largest absolute Gasteiger partial charge is 0.445 e. The van der Waals surface area contributed by atoms with Crippen LogP contribution in [0.15, 0.2) is 42.7 Å². The molecule has 1 fully saturated rings. The second kappa shape index (κ2) is 8.24. The summed E-state index contributed by atoms with van der Waals surface area (Å²) in [6.07, 6.45) is 2.36. The van der Waals surface area contributed by atoms with E-state index in [1.54, 1.807) is 6.07 Å². The lowest BCUT2D eigenvalue weighted by Gasteiger charge is -2.37. The van der Waals surface area contributed by atoms with Crippen LogP contribution in [0.3, 0.4) is 0 Å². The molecule has 144 valence electrons. The van der Waals surface area contributed by atoms with Gasteiger partial charge in [0.1, 0.15) is 12.4 Å². The number of benzene rings is 1. The number of halogens is 3. The normalized spacial score (nSPS) is 18.8. The summed E-state index contributed by atoms with van der Waals surface area (Å²) in [5, 5.41) is 2.80. The molecule has 1 atom stereocenters. The first-order valence-electron chi connectivity index (χ1n) is 8.49. The Labute approximate surface area is 154 Å². The predicted molar refractivity (Wildman–Crippen MR) is 91.7 cm³/mol. The number of aromatic nitrogens is 2. The molecule has 0 spiro atoms. The fourth-order valence-corrected chi connectivity index (χ4v) is 2.81. The van der Waals surface area contributed by atoms with Gasteiger partial charge in [0.15, 0.2) is 0 Å². The number of likely N-dealkylation sites (tertiary alicyclic amines) is 1. The number of hydrogen-bond acceptors (Lipinski definition) is 5. The second-order valence-electron chi connectivity index (χ2n) is 6.30. The summed E-state index contributed by atoms with van der Waals surface area (Å²) in [5.74, 6) is -4.12. The molecule has 0 unspecified atom stereocenters. The molecule has 27 heavy (non-hydrogen) atoms. The molecule has 9 heteroatoms. The van der Waals surface area contributed by atoms with Gasteiger partial charge in [-0.15, -0.1) is 0 Å². The van der Waals surface area contributed by atoms with Crippen LogP contribution < -0.4 is 5.32 Å². The summed E-state index contributed by atoms with van der Waals surface area (Å²) in [6, 6.07) is 7.07. The lowest BCUT2D eigenvalue weighted by atomic mass is 9.93. The molecule has 1 saturated heterocycles. The zero-order chi connectivity index (χ0) is 19.3. The van der Waals surface area contributed by atoms with Crippen molar-refractivity contribution in [3.8, 4) is 0 Å². The Bertz CT molecular complexity index is 759. The van der Waals surface area contributed by atoms with Crippen molar-refractivity contribution in [2.75, 3.05) is 25.0 Å². The number of carbonyl (C=O) groups is 1. The SMILES string of the molecule is O=C(OCc1ccc(F)cc1)N1CC[C@H](CNc2ncccn2)C(F)(F)C1. The Morgan fingerprint density at radius 1 is 1.26 bits per heavy atom. The van der Waals surface area contributed by atoms with Crippen LogP contribution in [0.5, 0.6) is 0 Å². The molecule has 1 amide bonds. The summed E-state index contributed by atoms with van der Waals surface area (Å²) < 4.78 is 46.8. The third-order valence-electron chi connectivity index (χ3n) is 4.35. The van der Waals surface area contributed by atoms with E-state index >= 15 is 0 Å². The van der Waals surface area contributed by atoms with Crippen molar-refractivity contribution in [3.63, 3.8) is 0 Å². The molecule has 0 saturated carbocycles. The van der Waals surface area contributed by atoms with Gasteiger partial charge in [0, 0.05) is 31.4 Å². The highest BCUT2D eigenvalue weighted by molar-refractivity contribution is 5.68. The number of piperidine rings is 1. The number of hydrogen-bond donors (Lipinski definition) is 1. The van der Waals surface area contributed by atoms with Gasteiger partial charge in [-0.3, -0.25) is 0 Å². The summed E-state index contributed by atoms with van der Waals surface area (Å²) in [5.41, 5.74) is 0.582. The Hall–Kier alpha value is -2.84. The summed E-state index contributed by atoms with van der Waals surface area (Å²) in [6.45, 7) is -0.635. The maximum absolute atomic E-state index is 14.4.